The zero-order valence-electron chi connectivity index (χ0n) is 8.54. The van der Waals surface area contributed by atoms with Crippen molar-refractivity contribution < 1.29 is 10.1 Å². The summed E-state index contributed by atoms with van der Waals surface area (Å²) in [6.07, 6.45) is 4.69. The molecule has 0 heterocycles. The molecule has 3 N–H and O–H groups in total. The molecule has 0 aliphatic carbocycles. The Bertz CT molecular complexity index is 286. The molecule has 0 fully saturated rings. The molecular formula is C9H15N3O3. The van der Waals surface area contributed by atoms with Crippen molar-refractivity contribution in [3.8, 4) is 0 Å². The first-order valence-corrected chi connectivity index (χ1v) is 4.43. The van der Waals surface area contributed by atoms with Gasteiger partial charge in [0.05, 0.1) is 11.8 Å². The summed E-state index contributed by atoms with van der Waals surface area (Å²) in [7, 11) is 0. The molecule has 0 spiro atoms. The maximum atomic E-state index is 10.3. The maximum absolute atomic E-state index is 10.3. The fourth-order valence-electron chi connectivity index (χ4n) is 0.840. The summed E-state index contributed by atoms with van der Waals surface area (Å²) >= 11 is 0. The molecular weight excluding hydrogens is 198 g/mol. The van der Waals surface area contributed by atoms with Crippen LogP contribution >= 0.6 is 0 Å². The third-order valence-electron chi connectivity index (χ3n) is 1.79. The molecule has 0 aliphatic heterocycles. The van der Waals surface area contributed by atoms with Crippen LogP contribution in [0.4, 0.5) is 0 Å². The van der Waals surface area contributed by atoms with E-state index in [1.165, 1.54) is 19.1 Å². The van der Waals surface area contributed by atoms with Crippen LogP contribution in [0.15, 0.2) is 30.0 Å². The predicted molar refractivity (Wildman–Crippen MR) is 57.6 cm³/mol. The van der Waals surface area contributed by atoms with Crippen molar-refractivity contribution in [2.24, 2.45) is 10.9 Å². The van der Waals surface area contributed by atoms with Crippen molar-refractivity contribution in [2.75, 3.05) is 0 Å². The third-order valence-corrected chi connectivity index (χ3v) is 1.79. The van der Waals surface area contributed by atoms with Crippen molar-refractivity contribution >= 4 is 5.71 Å². The third kappa shape index (κ3) is 4.92. The molecule has 0 saturated carbocycles. The highest BCUT2D eigenvalue weighted by Gasteiger charge is 2.11. The van der Waals surface area contributed by atoms with Crippen LogP contribution in [-0.2, 0) is 0 Å². The van der Waals surface area contributed by atoms with E-state index in [0.717, 1.165) is 0 Å². The van der Waals surface area contributed by atoms with E-state index in [1.54, 1.807) is 6.08 Å². The summed E-state index contributed by atoms with van der Waals surface area (Å²) in [5.74, 6) is 0. The molecule has 2 unspecified atom stereocenters. The average Bonchev–Trinajstić information content (AvgIpc) is 2.18. The topological polar surface area (TPSA) is 102 Å². The largest absolute Gasteiger partial charge is 0.411 e. The summed E-state index contributed by atoms with van der Waals surface area (Å²) in [5.41, 5.74) is 5.82. The van der Waals surface area contributed by atoms with Gasteiger partial charge >= 0.3 is 0 Å². The van der Waals surface area contributed by atoms with Gasteiger partial charge in [-0.25, -0.2) is 0 Å². The molecule has 0 bridgehead atoms. The molecule has 0 aromatic rings. The van der Waals surface area contributed by atoms with E-state index < -0.39 is 17.0 Å². The van der Waals surface area contributed by atoms with Crippen molar-refractivity contribution in [3.63, 3.8) is 0 Å². The van der Waals surface area contributed by atoms with Gasteiger partial charge in [0.15, 0.2) is 0 Å². The molecule has 0 aromatic heterocycles. The minimum atomic E-state index is -0.835. The molecule has 0 aliphatic rings. The van der Waals surface area contributed by atoms with Crippen LogP contribution in [0.2, 0.25) is 0 Å². The lowest BCUT2D eigenvalue weighted by Gasteiger charge is -2.06. The minimum Gasteiger partial charge on any atom is -0.411 e. The Balaban J connectivity index is 4.46. The Morgan fingerprint density at radius 3 is 2.80 bits per heavy atom. The molecule has 2 atom stereocenters. The van der Waals surface area contributed by atoms with Crippen molar-refractivity contribution in [2.45, 2.75) is 25.4 Å². The number of nitro groups is 1. The monoisotopic (exact) mass is 213 g/mol. The zero-order chi connectivity index (χ0) is 11.8. The number of oxime groups is 1. The molecule has 0 radical (unpaired) electrons. The average molecular weight is 213 g/mol. The molecule has 6 heteroatoms. The van der Waals surface area contributed by atoms with E-state index in [1.807, 2.05) is 0 Å². The van der Waals surface area contributed by atoms with Crippen molar-refractivity contribution in [3.05, 3.63) is 34.9 Å². The fraction of sp³-hybridized carbons (Fsp3) is 0.444. The van der Waals surface area contributed by atoms with E-state index in [0.29, 0.717) is 6.42 Å². The Kier molecular flexibility index (Phi) is 5.96. The number of hydrogen-bond acceptors (Lipinski definition) is 5. The lowest BCUT2D eigenvalue weighted by molar-refractivity contribution is -0.504. The van der Waals surface area contributed by atoms with Gasteiger partial charge in [0.2, 0.25) is 6.04 Å². The second kappa shape index (κ2) is 6.72. The van der Waals surface area contributed by atoms with E-state index in [9.17, 15) is 10.1 Å². The lowest BCUT2D eigenvalue weighted by atomic mass is 10.1. The van der Waals surface area contributed by atoms with Crippen LogP contribution in [0.3, 0.4) is 0 Å². The van der Waals surface area contributed by atoms with E-state index in [-0.39, 0.29) is 5.71 Å². The van der Waals surface area contributed by atoms with Gasteiger partial charge in [-0.05, 0) is 18.6 Å². The van der Waals surface area contributed by atoms with Gasteiger partial charge in [-0.1, -0.05) is 11.2 Å². The quantitative estimate of drug-likeness (QED) is 0.225. The summed E-state index contributed by atoms with van der Waals surface area (Å²) in [4.78, 5) is 9.85. The fourth-order valence-corrected chi connectivity index (χ4v) is 0.840. The van der Waals surface area contributed by atoms with Crippen LogP contribution in [0.1, 0.15) is 13.3 Å². The number of nitrogens with two attached hydrogens (primary N) is 1. The minimum absolute atomic E-state index is 0.198. The molecule has 15 heavy (non-hydrogen) atoms. The Morgan fingerprint density at radius 2 is 2.40 bits per heavy atom. The van der Waals surface area contributed by atoms with E-state index in [2.05, 4.69) is 11.7 Å². The van der Waals surface area contributed by atoms with Crippen molar-refractivity contribution in [1.82, 2.24) is 0 Å². The SMILES string of the molecule is C=CCC(N)/C(C=CC(C)[N+](=O)[O-])=N/O. The number of hydrogen-bond donors (Lipinski definition) is 2. The molecule has 6 nitrogen and oxygen atoms in total. The highest BCUT2D eigenvalue weighted by Crippen LogP contribution is 1.98. The van der Waals surface area contributed by atoms with Crippen LogP contribution in [0.25, 0.3) is 0 Å². The first-order valence-electron chi connectivity index (χ1n) is 4.43. The lowest BCUT2D eigenvalue weighted by Crippen LogP contribution is -2.29. The summed E-state index contributed by atoms with van der Waals surface area (Å²) in [6, 6.07) is -1.33. The van der Waals surface area contributed by atoms with Gasteiger partial charge in [0.25, 0.3) is 0 Å². The van der Waals surface area contributed by atoms with Gasteiger partial charge in [-0.2, -0.15) is 0 Å². The highest BCUT2D eigenvalue weighted by atomic mass is 16.6. The van der Waals surface area contributed by atoms with Crippen LogP contribution in [-0.4, -0.2) is 27.9 Å². The number of nitrogens with zero attached hydrogens (tertiary/aromatic N) is 2. The van der Waals surface area contributed by atoms with Crippen LogP contribution in [0.5, 0.6) is 0 Å². The standard InChI is InChI=1S/C9H15N3O3/c1-3-4-8(10)9(11-13)6-5-7(2)12(14)15/h3,5-8,13H,1,4,10H2,2H3/b6-5?,11-9+. The highest BCUT2D eigenvalue weighted by molar-refractivity contribution is 5.98. The number of rotatable bonds is 6. The Hall–Kier alpha value is -1.69. The molecule has 0 amide bonds. The Morgan fingerprint density at radius 1 is 1.80 bits per heavy atom. The molecule has 0 aromatic carbocycles. The van der Waals surface area contributed by atoms with Gasteiger partial charge in [0, 0.05) is 11.8 Å². The summed E-state index contributed by atoms with van der Waals surface area (Å²) in [5, 5.41) is 21.9. The van der Waals surface area contributed by atoms with Crippen LogP contribution in [0, 0.1) is 10.1 Å². The molecule has 0 saturated heterocycles. The van der Waals surface area contributed by atoms with E-state index >= 15 is 0 Å². The maximum Gasteiger partial charge on any atom is 0.228 e. The second-order valence-electron chi connectivity index (χ2n) is 3.04. The van der Waals surface area contributed by atoms with Gasteiger partial charge in [0.1, 0.15) is 0 Å². The van der Waals surface area contributed by atoms with Gasteiger partial charge in [-0.15, -0.1) is 6.58 Å². The zero-order valence-corrected chi connectivity index (χ0v) is 8.54. The van der Waals surface area contributed by atoms with Crippen LogP contribution < -0.4 is 5.73 Å². The molecule has 84 valence electrons. The van der Waals surface area contributed by atoms with E-state index in [4.69, 9.17) is 10.9 Å². The Labute approximate surface area is 87.9 Å². The first kappa shape index (κ1) is 13.3. The van der Waals surface area contributed by atoms with Crippen molar-refractivity contribution in [1.29, 1.82) is 0 Å². The van der Waals surface area contributed by atoms with Gasteiger partial charge < -0.3 is 10.9 Å². The summed E-state index contributed by atoms with van der Waals surface area (Å²) in [6.45, 7) is 4.91. The predicted octanol–water partition coefficient (Wildman–Crippen LogP) is 0.941. The molecule has 0 rings (SSSR count). The normalized spacial score (nSPS) is 16.3. The smallest absolute Gasteiger partial charge is 0.228 e. The van der Waals surface area contributed by atoms with Gasteiger partial charge in [-0.3, -0.25) is 10.1 Å². The summed E-state index contributed by atoms with van der Waals surface area (Å²) < 4.78 is 0. The first-order chi connectivity index (χ1) is 7.02. The second-order valence-corrected chi connectivity index (χ2v) is 3.04.